The molecule has 1 N–H and O–H groups in total. The maximum absolute atomic E-state index is 12.5. The van der Waals surface area contributed by atoms with Crippen LogP contribution in [0.15, 0.2) is 36.4 Å². The predicted molar refractivity (Wildman–Crippen MR) is 106 cm³/mol. The molecule has 152 valence electrons. The average molecular weight is 433 g/mol. The second-order valence-corrected chi connectivity index (χ2v) is 6.91. The summed E-state index contributed by atoms with van der Waals surface area (Å²) in [5.41, 5.74) is 1.19. The van der Waals surface area contributed by atoms with Gasteiger partial charge in [-0.1, -0.05) is 29.3 Å². The molecule has 1 amide bonds. The van der Waals surface area contributed by atoms with E-state index in [1.54, 1.807) is 49.2 Å². The van der Waals surface area contributed by atoms with Crippen molar-refractivity contribution in [3.05, 3.63) is 52.0 Å². The molecule has 2 aromatic rings. The number of anilines is 1. The number of carbonyl (C=O) groups is 1. The predicted octanol–water partition coefficient (Wildman–Crippen LogP) is 5.06. The van der Waals surface area contributed by atoms with Crippen LogP contribution in [-0.2, 0) is 11.3 Å². The second-order valence-electron chi connectivity index (χ2n) is 6.07. The van der Waals surface area contributed by atoms with Crippen molar-refractivity contribution in [1.82, 2.24) is 4.90 Å². The summed E-state index contributed by atoms with van der Waals surface area (Å²) < 4.78 is 34.4. The van der Waals surface area contributed by atoms with Gasteiger partial charge < -0.3 is 14.8 Å². The Bertz CT molecular complexity index is 837. The van der Waals surface area contributed by atoms with Gasteiger partial charge in [0.15, 0.2) is 11.5 Å². The van der Waals surface area contributed by atoms with Crippen LogP contribution >= 0.6 is 23.2 Å². The fourth-order valence-corrected chi connectivity index (χ4v) is 2.80. The zero-order chi connectivity index (χ0) is 20.8. The number of amides is 1. The second kappa shape index (κ2) is 9.91. The van der Waals surface area contributed by atoms with E-state index in [9.17, 15) is 13.6 Å². The molecule has 0 radical (unpaired) electrons. The van der Waals surface area contributed by atoms with Crippen LogP contribution in [0.4, 0.5) is 14.5 Å². The number of nitrogens with one attached hydrogen (secondary N) is 1. The van der Waals surface area contributed by atoms with Gasteiger partial charge >= 0.3 is 6.61 Å². The highest BCUT2D eigenvalue weighted by Crippen LogP contribution is 2.30. The molecule has 0 aromatic heterocycles. The number of methoxy groups -OCH3 is 1. The minimum Gasteiger partial charge on any atom is -0.493 e. The number of ether oxygens (including phenoxy) is 2. The SMILES string of the molecule is COc1cc(CN(C)C(C)C(=O)Nc2cc(Cl)ccc2Cl)ccc1OC(F)F. The Morgan fingerprint density at radius 3 is 2.54 bits per heavy atom. The number of carbonyl (C=O) groups excluding carboxylic acids is 1. The van der Waals surface area contributed by atoms with Gasteiger partial charge in [-0.25, -0.2) is 0 Å². The van der Waals surface area contributed by atoms with Gasteiger partial charge in [-0.3, -0.25) is 9.69 Å². The normalized spacial score (nSPS) is 12.2. The van der Waals surface area contributed by atoms with E-state index in [0.717, 1.165) is 5.56 Å². The van der Waals surface area contributed by atoms with Gasteiger partial charge in [0.2, 0.25) is 5.91 Å². The van der Waals surface area contributed by atoms with E-state index >= 15 is 0 Å². The summed E-state index contributed by atoms with van der Waals surface area (Å²) in [5, 5.41) is 3.58. The highest BCUT2D eigenvalue weighted by molar-refractivity contribution is 6.35. The Kier molecular flexibility index (Phi) is 7.86. The molecule has 2 aromatic carbocycles. The van der Waals surface area contributed by atoms with Crippen LogP contribution in [0.1, 0.15) is 12.5 Å². The number of hydrogen-bond acceptors (Lipinski definition) is 4. The third-order valence-electron chi connectivity index (χ3n) is 4.10. The summed E-state index contributed by atoms with van der Waals surface area (Å²) in [6.45, 7) is -0.827. The molecular weight excluding hydrogens is 413 g/mol. The van der Waals surface area contributed by atoms with Crippen molar-refractivity contribution in [2.45, 2.75) is 26.1 Å². The monoisotopic (exact) mass is 432 g/mol. The molecule has 0 bridgehead atoms. The molecule has 0 aliphatic carbocycles. The van der Waals surface area contributed by atoms with Gasteiger partial charge in [-0.2, -0.15) is 8.78 Å². The average Bonchev–Trinajstić information content (AvgIpc) is 2.64. The van der Waals surface area contributed by atoms with E-state index in [2.05, 4.69) is 10.1 Å². The molecule has 0 spiro atoms. The van der Waals surface area contributed by atoms with Gasteiger partial charge in [-0.05, 0) is 49.9 Å². The van der Waals surface area contributed by atoms with Crippen molar-refractivity contribution < 1.29 is 23.0 Å². The minimum atomic E-state index is -2.94. The minimum absolute atomic E-state index is 0.0507. The maximum atomic E-state index is 12.5. The van der Waals surface area contributed by atoms with E-state index in [1.165, 1.54) is 13.2 Å². The van der Waals surface area contributed by atoms with Gasteiger partial charge in [-0.15, -0.1) is 0 Å². The van der Waals surface area contributed by atoms with E-state index < -0.39 is 12.7 Å². The van der Waals surface area contributed by atoms with Crippen LogP contribution in [0.3, 0.4) is 0 Å². The topological polar surface area (TPSA) is 50.8 Å². The number of benzene rings is 2. The van der Waals surface area contributed by atoms with Crippen molar-refractivity contribution in [2.75, 3.05) is 19.5 Å². The molecule has 0 saturated heterocycles. The zero-order valence-corrected chi connectivity index (χ0v) is 17.0. The van der Waals surface area contributed by atoms with Crippen LogP contribution in [0.25, 0.3) is 0 Å². The van der Waals surface area contributed by atoms with Crippen LogP contribution in [-0.4, -0.2) is 37.6 Å². The van der Waals surface area contributed by atoms with E-state index in [-0.39, 0.29) is 17.4 Å². The first-order valence-corrected chi connectivity index (χ1v) is 9.04. The Morgan fingerprint density at radius 1 is 1.18 bits per heavy atom. The summed E-state index contributed by atoms with van der Waals surface area (Å²) >= 11 is 12.0. The fourth-order valence-electron chi connectivity index (χ4n) is 2.46. The van der Waals surface area contributed by atoms with Gasteiger partial charge in [0.25, 0.3) is 0 Å². The van der Waals surface area contributed by atoms with Crippen molar-refractivity contribution in [1.29, 1.82) is 0 Å². The molecule has 0 fully saturated rings. The number of alkyl halides is 2. The Balaban J connectivity index is 2.05. The molecule has 0 aliphatic rings. The Hall–Kier alpha value is -2.09. The standard InChI is InChI=1S/C19H20Cl2F2N2O3/c1-11(18(26)24-15-9-13(20)5-6-14(15)21)25(2)10-12-4-7-16(28-19(22)23)17(8-12)27-3/h4-9,11,19H,10H2,1-3H3,(H,24,26). The molecular formula is C19H20Cl2F2N2O3. The zero-order valence-electron chi connectivity index (χ0n) is 15.5. The summed E-state index contributed by atoms with van der Waals surface area (Å²) in [5.74, 6) is -0.129. The summed E-state index contributed by atoms with van der Waals surface area (Å²) in [4.78, 5) is 14.3. The third-order valence-corrected chi connectivity index (χ3v) is 4.67. The molecule has 9 heteroatoms. The first-order valence-electron chi connectivity index (χ1n) is 8.29. The van der Waals surface area contributed by atoms with Crippen LogP contribution in [0, 0.1) is 0 Å². The van der Waals surface area contributed by atoms with Gasteiger partial charge in [0.05, 0.1) is 23.9 Å². The third kappa shape index (κ3) is 5.95. The fraction of sp³-hybridized carbons (Fsp3) is 0.316. The number of nitrogens with zero attached hydrogens (tertiary/aromatic N) is 1. The number of rotatable bonds is 8. The van der Waals surface area contributed by atoms with Crippen LogP contribution < -0.4 is 14.8 Å². The molecule has 0 aliphatic heterocycles. The Labute approximate surface area is 172 Å². The summed E-state index contributed by atoms with van der Waals surface area (Å²) in [6, 6.07) is 8.93. The smallest absolute Gasteiger partial charge is 0.387 e. The molecule has 2 rings (SSSR count). The summed E-state index contributed by atoms with van der Waals surface area (Å²) in [7, 11) is 3.13. The number of hydrogen-bond donors (Lipinski definition) is 1. The van der Waals surface area contributed by atoms with E-state index in [0.29, 0.717) is 22.3 Å². The first kappa shape index (κ1) is 22.2. The number of halogens is 4. The summed E-state index contributed by atoms with van der Waals surface area (Å²) in [6.07, 6.45) is 0. The van der Waals surface area contributed by atoms with Crippen LogP contribution in [0.2, 0.25) is 10.0 Å². The van der Waals surface area contributed by atoms with Gasteiger partial charge in [0.1, 0.15) is 0 Å². The lowest BCUT2D eigenvalue weighted by Gasteiger charge is -2.24. The van der Waals surface area contributed by atoms with Crippen LogP contribution in [0.5, 0.6) is 11.5 Å². The quantitative estimate of drug-likeness (QED) is 0.632. The number of likely N-dealkylation sites (N-methyl/N-ethyl adjacent to an activating group) is 1. The van der Waals surface area contributed by atoms with Gasteiger partial charge in [0, 0.05) is 11.6 Å². The van der Waals surface area contributed by atoms with Crippen molar-refractivity contribution in [3.63, 3.8) is 0 Å². The highest BCUT2D eigenvalue weighted by Gasteiger charge is 2.20. The van der Waals surface area contributed by atoms with Crippen molar-refractivity contribution in [3.8, 4) is 11.5 Å². The molecule has 0 heterocycles. The van der Waals surface area contributed by atoms with E-state index in [1.807, 2.05) is 0 Å². The lowest BCUT2D eigenvalue weighted by molar-refractivity contribution is -0.120. The van der Waals surface area contributed by atoms with Crippen molar-refractivity contribution >= 4 is 34.8 Å². The molecule has 5 nitrogen and oxygen atoms in total. The van der Waals surface area contributed by atoms with Crippen molar-refractivity contribution in [2.24, 2.45) is 0 Å². The first-order chi connectivity index (χ1) is 13.2. The lowest BCUT2D eigenvalue weighted by Crippen LogP contribution is -2.39. The molecule has 28 heavy (non-hydrogen) atoms. The molecule has 0 saturated carbocycles. The Morgan fingerprint density at radius 2 is 1.89 bits per heavy atom. The van der Waals surface area contributed by atoms with E-state index in [4.69, 9.17) is 27.9 Å². The highest BCUT2D eigenvalue weighted by atomic mass is 35.5. The molecule has 1 atom stereocenters. The lowest BCUT2D eigenvalue weighted by atomic mass is 10.1. The maximum Gasteiger partial charge on any atom is 0.387 e. The molecule has 1 unspecified atom stereocenters. The largest absolute Gasteiger partial charge is 0.493 e.